The highest BCUT2D eigenvalue weighted by Crippen LogP contribution is 2.34. The fraction of sp³-hybridized carbons (Fsp3) is 0.846. The monoisotopic (exact) mass is 252 g/mol. The van der Waals surface area contributed by atoms with Crippen LogP contribution in [0.4, 0.5) is 0 Å². The Balaban J connectivity index is 1.51. The lowest BCUT2D eigenvalue weighted by atomic mass is 9.88. The van der Waals surface area contributed by atoms with E-state index in [1.807, 2.05) is 0 Å². The predicted molar refractivity (Wildman–Crippen MR) is 65.0 cm³/mol. The third-order valence-corrected chi connectivity index (χ3v) is 4.77. The van der Waals surface area contributed by atoms with Crippen molar-refractivity contribution in [3.05, 3.63) is 0 Å². The van der Waals surface area contributed by atoms with Gasteiger partial charge in [0, 0.05) is 18.1 Å². The second-order valence-corrected chi connectivity index (χ2v) is 5.94. The maximum absolute atomic E-state index is 12.2. The molecule has 2 saturated heterocycles. The maximum Gasteiger partial charge on any atom is 0.306 e. The van der Waals surface area contributed by atoms with E-state index < -0.39 is 5.97 Å². The van der Waals surface area contributed by atoms with E-state index in [1.165, 1.54) is 6.42 Å². The maximum atomic E-state index is 12.2. The van der Waals surface area contributed by atoms with Crippen molar-refractivity contribution in [3.8, 4) is 0 Å². The first-order valence-corrected chi connectivity index (χ1v) is 6.92. The molecule has 1 saturated carbocycles. The number of nitrogens with one attached hydrogen (secondary N) is 2. The van der Waals surface area contributed by atoms with Crippen molar-refractivity contribution in [3.63, 3.8) is 0 Å². The van der Waals surface area contributed by atoms with Gasteiger partial charge >= 0.3 is 5.97 Å². The van der Waals surface area contributed by atoms with Gasteiger partial charge in [0.15, 0.2) is 0 Å². The molecule has 0 aromatic rings. The van der Waals surface area contributed by atoms with Crippen LogP contribution in [0.3, 0.4) is 0 Å². The second-order valence-electron chi connectivity index (χ2n) is 5.94. The van der Waals surface area contributed by atoms with Crippen LogP contribution in [0.1, 0.15) is 38.5 Å². The summed E-state index contributed by atoms with van der Waals surface area (Å²) >= 11 is 0. The minimum atomic E-state index is -0.728. The Morgan fingerprint density at radius 3 is 2.50 bits per heavy atom. The second kappa shape index (κ2) is 4.53. The molecule has 3 aliphatic rings. The zero-order valence-electron chi connectivity index (χ0n) is 10.4. The highest BCUT2D eigenvalue weighted by atomic mass is 16.4. The number of carboxylic acids is 1. The van der Waals surface area contributed by atoms with Gasteiger partial charge in [0.25, 0.3) is 0 Å². The first-order chi connectivity index (χ1) is 8.63. The lowest BCUT2D eigenvalue weighted by Crippen LogP contribution is -2.42. The minimum absolute atomic E-state index is 0.0673. The average Bonchev–Trinajstić information content (AvgIpc) is 3.03. The molecule has 100 valence electrons. The number of hydrogen-bond acceptors (Lipinski definition) is 3. The van der Waals surface area contributed by atoms with E-state index in [9.17, 15) is 9.59 Å². The minimum Gasteiger partial charge on any atom is -0.481 e. The van der Waals surface area contributed by atoms with Gasteiger partial charge in [-0.25, -0.2) is 0 Å². The molecular weight excluding hydrogens is 232 g/mol. The van der Waals surface area contributed by atoms with Gasteiger partial charge in [-0.3, -0.25) is 9.59 Å². The SMILES string of the molecule is O=C(O)C1CCC(NC(=O)C2CC3CCC2N3)C1. The number of rotatable bonds is 3. The van der Waals surface area contributed by atoms with Gasteiger partial charge in [-0.1, -0.05) is 0 Å². The number of hydrogen-bond donors (Lipinski definition) is 3. The number of carboxylic acid groups (broad SMARTS) is 1. The average molecular weight is 252 g/mol. The Kier molecular flexibility index (Phi) is 3.01. The van der Waals surface area contributed by atoms with Crippen molar-refractivity contribution < 1.29 is 14.7 Å². The highest BCUT2D eigenvalue weighted by Gasteiger charge is 2.43. The van der Waals surface area contributed by atoms with E-state index >= 15 is 0 Å². The summed E-state index contributed by atoms with van der Waals surface area (Å²) in [6.45, 7) is 0. The van der Waals surface area contributed by atoms with Crippen LogP contribution in [0, 0.1) is 11.8 Å². The first kappa shape index (κ1) is 12.0. The fourth-order valence-corrected chi connectivity index (χ4v) is 3.76. The Labute approximate surface area is 106 Å². The standard InChI is InChI=1S/C13H20N2O3/c16-12(10-6-9-3-4-11(10)14-9)15-8-2-1-7(5-8)13(17)18/h7-11,14H,1-6H2,(H,15,16)(H,17,18). The summed E-state index contributed by atoms with van der Waals surface area (Å²) in [5.74, 6) is -0.764. The molecule has 1 aliphatic carbocycles. The van der Waals surface area contributed by atoms with Crippen LogP contribution in [-0.2, 0) is 9.59 Å². The first-order valence-electron chi connectivity index (χ1n) is 6.92. The summed E-state index contributed by atoms with van der Waals surface area (Å²) < 4.78 is 0. The molecule has 2 heterocycles. The summed E-state index contributed by atoms with van der Waals surface area (Å²) in [5.41, 5.74) is 0. The summed E-state index contributed by atoms with van der Waals surface area (Å²) in [6.07, 6.45) is 5.33. The third kappa shape index (κ3) is 2.11. The van der Waals surface area contributed by atoms with Gasteiger partial charge in [-0.05, 0) is 38.5 Å². The summed E-state index contributed by atoms with van der Waals surface area (Å²) in [4.78, 5) is 23.0. The van der Waals surface area contributed by atoms with Crippen LogP contribution in [-0.4, -0.2) is 35.1 Å². The van der Waals surface area contributed by atoms with Crippen molar-refractivity contribution in [1.82, 2.24) is 10.6 Å². The molecule has 5 nitrogen and oxygen atoms in total. The van der Waals surface area contributed by atoms with E-state index in [0.29, 0.717) is 24.9 Å². The fourth-order valence-electron chi connectivity index (χ4n) is 3.76. The molecule has 3 N–H and O–H groups in total. The van der Waals surface area contributed by atoms with Crippen molar-refractivity contribution >= 4 is 11.9 Å². The molecule has 2 aliphatic heterocycles. The zero-order valence-corrected chi connectivity index (χ0v) is 10.4. The molecule has 0 spiro atoms. The molecule has 5 atom stereocenters. The van der Waals surface area contributed by atoms with Crippen molar-refractivity contribution in [2.24, 2.45) is 11.8 Å². The number of fused-ring (bicyclic) bond motifs is 2. The van der Waals surface area contributed by atoms with Gasteiger partial charge in [-0.2, -0.15) is 0 Å². The Morgan fingerprint density at radius 1 is 1.11 bits per heavy atom. The Bertz CT molecular complexity index is 371. The lowest BCUT2D eigenvalue weighted by molar-refractivity contribution is -0.141. The zero-order chi connectivity index (χ0) is 12.7. The molecule has 5 unspecified atom stereocenters. The van der Waals surface area contributed by atoms with Crippen LogP contribution in [0.2, 0.25) is 0 Å². The van der Waals surface area contributed by atoms with Gasteiger partial charge < -0.3 is 15.7 Å². The molecular formula is C13H20N2O3. The predicted octanol–water partition coefficient (Wildman–Crippen LogP) is 0.496. The van der Waals surface area contributed by atoms with E-state index in [4.69, 9.17) is 5.11 Å². The number of amides is 1. The number of carbonyl (C=O) groups is 2. The van der Waals surface area contributed by atoms with Crippen molar-refractivity contribution in [1.29, 1.82) is 0 Å². The van der Waals surface area contributed by atoms with E-state index in [0.717, 1.165) is 19.3 Å². The largest absolute Gasteiger partial charge is 0.481 e. The summed E-state index contributed by atoms with van der Waals surface area (Å²) in [7, 11) is 0. The molecule has 18 heavy (non-hydrogen) atoms. The van der Waals surface area contributed by atoms with Crippen LogP contribution >= 0.6 is 0 Å². The molecule has 1 amide bonds. The molecule has 0 aromatic heterocycles. The van der Waals surface area contributed by atoms with Gasteiger partial charge in [0.05, 0.1) is 11.8 Å². The van der Waals surface area contributed by atoms with E-state index in [-0.39, 0.29) is 23.8 Å². The van der Waals surface area contributed by atoms with Gasteiger partial charge in [0.2, 0.25) is 5.91 Å². The van der Waals surface area contributed by atoms with Crippen LogP contribution in [0.15, 0.2) is 0 Å². The molecule has 5 heteroatoms. The summed E-state index contributed by atoms with van der Waals surface area (Å²) in [5, 5.41) is 15.4. The van der Waals surface area contributed by atoms with Gasteiger partial charge in [0.1, 0.15) is 0 Å². The molecule has 0 radical (unpaired) electrons. The highest BCUT2D eigenvalue weighted by molar-refractivity contribution is 5.80. The van der Waals surface area contributed by atoms with Crippen molar-refractivity contribution in [2.45, 2.75) is 56.7 Å². The molecule has 3 fully saturated rings. The smallest absolute Gasteiger partial charge is 0.306 e. The number of carbonyl (C=O) groups excluding carboxylic acids is 1. The van der Waals surface area contributed by atoms with Crippen LogP contribution in [0.5, 0.6) is 0 Å². The Hall–Kier alpha value is -1.10. The van der Waals surface area contributed by atoms with Crippen molar-refractivity contribution in [2.75, 3.05) is 0 Å². The lowest BCUT2D eigenvalue weighted by Gasteiger charge is -2.22. The summed E-state index contributed by atoms with van der Waals surface area (Å²) in [6, 6.07) is 0.950. The topological polar surface area (TPSA) is 78.4 Å². The quantitative estimate of drug-likeness (QED) is 0.683. The van der Waals surface area contributed by atoms with E-state index in [1.54, 1.807) is 0 Å². The van der Waals surface area contributed by atoms with E-state index in [2.05, 4.69) is 10.6 Å². The molecule has 0 aromatic carbocycles. The molecule has 3 rings (SSSR count). The van der Waals surface area contributed by atoms with Crippen LogP contribution < -0.4 is 10.6 Å². The molecule has 2 bridgehead atoms. The third-order valence-electron chi connectivity index (χ3n) is 4.77. The number of aliphatic carboxylic acids is 1. The Morgan fingerprint density at radius 2 is 1.94 bits per heavy atom. The normalized spacial score (nSPS) is 42.1. The van der Waals surface area contributed by atoms with Gasteiger partial charge in [-0.15, -0.1) is 0 Å². The van der Waals surface area contributed by atoms with Crippen LogP contribution in [0.25, 0.3) is 0 Å².